The molecule has 2 heterocycles. The van der Waals surface area contributed by atoms with Gasteiger partial charge in [-0.3, -0.25) is 4.57 Å². The van der Waals surface area contributed by atoms with Gasteiger partial charge < -0.3 is 0 Å². The molecule has 2 aromatic heterocycles. The molecule has 0 aliphatic heterocycles. The average molecular weight is 271 g/mol. The van der Waals surface area contributed by atoms with E-state index in [4.69, 9.17) is 0 Å². The van der Waals surface area contributed by atoms with Crippen molar-refractivity contribution in [1.82, 2.24) is 19.5 Å². The van der Waals surface area contributed by atoms with Crippen LogP contribution in [0, 0.1) is 5.95 Å². The van der Waals surface area contributed by atoms with Crippen LogP contribution in [0.3, 0.4) is 0 Å². The van der Waals surface area contributed by atoms with Crippen molar-refractivity contribution in [2.24, 2.45) is 0 Å². The average Bonchev–Trinajstić information content (AvgIpc) is 2.70. The van der Waals surface area contributed by atoms with E-state index in [1.165, 1.54) is 6.33 Å². The first-order chi connectivity index (χ1) is 7.24. The highest BCUT2D eigenvalue weighted by Gasteiger charge is 2.12. The van der Waals surface area contributed by atoms with E-state index in [1.807, 2.05) is 6.92 Å². The Hall–Kier alpha value is -1.30. The highest BCUT2D eigenvalue weighted by atomic mass is 79.9. The number of rotatable bonds is 2. The lowest BCUT2D eigenvalue weighted by atomic mass is 10.4. The number of aromatic nitrogens is 4. The summed E-state index contributed by atoms with van der Waals surface area (Å²) in [6.45, 7) is 1.98. The Morgan fingerprint density at radius 1 is 1.40 bits per heavy atom. The SMILES string of the molecule is CCc1nccn1-c1ncnc(F)c1Br. The third-order valence-electron chi connectivity index (χ3n) is 1.99. The van der Waals surface area contributed by atoms with Crippen molar-refractivity contribution in [2.75, 3.05) is 0 Å². The minimum absolute atomic E-state index is 0.248. The Morgan fingerprint density at radius 2 is 2.20 bits per heavy atom. The third kappa shape index (κ3) is 1.77. The lowest BCUT2D eigenvalue weighted by Gasteiger charge is -2.06. The maximum absolute atomic E-state index is 13.2. The molecule has 0 N–H and O–H groups in total. The molecular formula is C9H8BrFN4. The summed E-state index contributed by atoms with van der Waals surface area (Å²) in [5.74, 6) is 0.724. The van der Waals surface area contributed by atoms with Crippen LogP contribution in [0.4, 0.5) is 4.39 Å². The lowest BCUT2D eigenvalue weighted by Crippen LogP contribution is -2.04. The summed E-state index contributed by atoms with van der Waals surface area (Å²) >= 11 is 3.12. The van der Waals surface area contributed by atoms with Gasteiger partial charge >= 0.3 is 0 Å². The summed E-state index contributed by atoms with van der Waals surface area (Å²) in [6, 6.07) is 0. The Kier molecular flexibility index (Phi) is 2.77. The molecule has 78 valence electrons. The molecule has 0 saturated carbocycles. The van der Waals surface area contributed by atoms with Crippen LogP contribution in [0.1, 0.15) is 12.7 Å². The summed E-state index contributed by atoms with van der Waals surface area (Å²) in [5, 5.41) is 0. The Morgan fingerprint density at radius 3 is 2.93 bits per heavy atom. The fourth-order valence-electron chi connectivity index (χ4n) is 1.30. The molecule has 6 heteroatoms. The van der Waals surface area contributed by atoms with E-state index >= 15 is 0 Å². The molecule has 4 nitrogen and oxygen atoms in total. The van der Waals surface area contributed by atoms with Crippen molar-refractivity contribution < 1.29 is 4.39 Å². The first kappa shape index (κ1) is 10.2. The second-order valence-corrected chi connectivity index (χ2v) is 3.66. The maximum Gasteiger partial charge on any atom is 0.232 e. The second-order valence-electron chi connectivity index (χ2n) is 2.87. The third-order valence-corrected chi connectivity index (χ3v) is 2.67. The summed E-state index contributed by atoms with van der Waals surface area (Å²) in [4.78, 5) is 11.6. The number of halogens is 2. The Balaban J connectivity index is 2.59. The molecule has 0 saturated heterocycles. The van der Waals surface area contributed by atoms with E-state index in [0.717, 1.165) is 12.2 Å². The van der Waals surface area contributed by atoms with Crippen molar-refractivity contribution in [3.8, 4) is 5.82 Å². The Labute approximate surface area is 94.3 Å². The van der Waals surface area contributed by atoms with E-state index in [0.29, 0.717) is 5.82 Å². The lowest BCUT2D eigenvalue weighted by molar-refractivity contribution is 0.569. The van der Waals surface area contributed by atoms with Crippen LogP contribution in [0.5, 0.6) is 0 Å². The fourth-order valence-corrected chi connectivity index (χ4v) is 1.69. The van der Waals surface area contributed by atoms with E-state index in [2.05, 4.69) is 30.9 Å². The first-order valence-electron chi connectivity index (χ1n) is 4.42. The standard InChI is InChI=1S/C9H8BrFN4/c1-2-6-12-3-4-15(6)9-7(10)8(11)13-5-14-9/h3-5H,2H2,1H3. The quantitative estimate of drug-likeness (QED) is 0.786. The van der Waals surface area contributed by atoms with Crippen LogP contribution in [0.25, 0.3) is 5.82 Å². The summed E-state index contributed by atoms with van der Waals surface area (Å²) < 4.78 is 15.2. The van der Waals surface area contributed by atoms with Gasteiger partial charge in [0.1, 0.15) is 16.6 Å². The van der Waals surface area contributed by atoms with Gasteiger partial charge in [0.15, 0.2) is 5.82 Å². The van der Waals surface area contributed by atoms with Gasteiger partial charge in [-0.15, -0.1) is 0 Å². The molecule has 0 radical (unpaired) electrons. The normalized spacial score (nSPS) is 10.6. The number of hydrogen-bond acceptors (Lipinski definition) is 3. The molecular weight excluding hydrogens is 263 g/mol. The molecule has 0 amide bonds. The highest BCUT2D eigenvalue weighted by molar-refractivity contribution is 9.10. The molecule has 0 aliphatic rings. The molecule has 2 rings (SSSR count). The van der Waals surface area contributed by atoms with Gasteiger partial charge in [-0.1, -0.05) is 6.92 Å². The predicted molar refractivity (Wildman–Crippen MR) is 56.2 cm³/mol. The van der Waals surface area contributed by atoms with Gasteiger partial charge in [0.25, 0.3) is 0 Å². The molecule has 2 aromatic rings. The molecule has 0 aromatic carbocycles. The molecule has 0 unspecified atom stereocenters. The smallest absolute Gasteiger partial charge is 0.232 e. The van der Waals surface area contributed by atoms with Crippen molar-refractivity contribution in [3.05, 3.63) is 35.0 Å². The van der Waals surface area contributed by atoms with Gasteiger partial charge in [0.05, 0.1) is 0 Å². The maximum atomic E-state index is 13.2. The number of aryl methyl sites for hydroxylation is 1. The van der Waals surface area contributed by atoms with Gasteiger partial charge in [0, 0.05) is 18.8 Å². The molecule has 0 spiro atoms. The monoisotopic (exact) mass is 270 g/mol. The largest absolute Gasteiger partial charge is 0.287 e. The van der Waals surface area contributed by atoms with Crippen LogP contribution in [-0.2, 0) is 6.42 Å². The zero-order chi connectivity index (χ0) is 10.8. The van der Waals surface area contributed by atoms with Crippen molar-refractivity contribution in [1.29, 1.82) is 0 Å². The van der Waals surface area contributed by atoms with Crippen LogP contribution in [0.15, 0.2) is 23.2 Å². The van der Waals surface area contributed by atoms with E-state index < -0.39 is 5.95 Å². The fraction of sp³-hybridized carbons (Fsp3) is 0.222. The summed E-state index contributed by atoms with van der Waals surface area (Å²) in [6.07, 6.45) is 5.34. The highest BCUT2D eigenvalue weighted by Crippen LogP contribution is 2.21. The molecule has 0 atom stereocenters. The minimum atomic E-state index is -0.573. The summed E-state index contributed by atoms with van der Waals surface area (Å²) in [5.41, 5.74) is 0. The number of imidazole rings is 1. The number of nitrogens with zero attached hydrogens (tertiary/aromatic N) is 4. The van der Waals surface area contributed by atoms with Crippen LogP contribution in [-0.4, -0.2) is 19.5 Å². The van der Waals surface area contributed by atoms with Gasteiger partial charge in [-0.25, -0.2) is 15.0 Å². The van der Waals surface area contributed by atoms with Crippen molar-refractivity contribution >= 4 is 15.9 Å². The zero-order valence-electron chi connectivity index (χ0n) is 7.98. The van der Waals surface area contributed by atoms with Crippen LogP contribution < -0.4 is 0 Å². The van der Waals surface area contributed by atoms with Crippen molar-refractivity contribution in [2.45, 2.75) is 13.3 Å². The minimum Gasteiger partial charge on any atom is -0.287 e. The number of hydrogen-bond donors (Lipinski definition) is 0. The van der Waals surface area contributed by atoms with E-state index in [9.17, 15) is 4.39 Å². The molecule has 15 heavy (non-hydrogen) atoms. The molecule has 0 bridgehead atoms. The van der Waals surface area contributed by atoms with E-state index in [1.54, 1.807) is 17.0 Å². The Bertz CT molecular complexity index is 483. The van der Waals surface area contributed by atoms with Crippen LogP contribution >= 0.6 is 15.9 Å². The summed E-state index contributed by atoms with van der Waals surface area (Å²) in [7, 11) is 0. The zero-order valence-corrected chi connectivity index (χ0v) is 9.57. The van der Waals surface area contributed by atoms with Gasteiger partial charge in [0.2, 0.25) is 5.95 Å². The topological polar surface area (TPSA) is 43.6 Å². The van der Waals surface area contributed by atoms with Crippen molar-refractivity contribution in [3.63, 3.8) is 0 Å². The predicted octanol–water partition coefficient (Wildman–Crippen LogP) is 2.13. The second kappa shape index (κ2) is 4.06. The van der Waals surface area contributed by atoms with Crippen LogP contribution in [0.2, 0.25) is 0 Å². The van der Waals surface area contributed by atoms with Gasteiger partial charge in [-0.2, -0.15) is 4.39 Å². The molecule has 0 aliphatic carbocycles. The first-order valence-corrected chi connectivity index (χ1v) is 5.22. The van der Waals surface area contributed by atoms with Gasteiger partial charge in [-0.05, 0) is 15.9 Å². The van der Waals surface area contributed by atoms with E-state index in [-0.39, 0.29) is 4.47 Å². The molecule has 0 fully saturated rings.